The van der Waals surface area contributed by atoms with E-state index in [9.17, 15) is 9.59 Å². The molecule has 0 saturated heterocycles. The molecule has 0 aliphatic rings. The standard InChI is InChI=1S/C21H23Cl2N3O5/c1-29-9-3-8-24-20(27)21(28)26-25-12-14-5-7-18(19(11-14)30-2)31-13-15-4-6-16(22)17(23)10-15/h4-7,10-12H,3,8-9,13H2,1-2H3,(H,24,27)(H,26,28)/b25-12-. The molecule has 0 bridgehead atoms. The van der Waals surface area contributed by atoms with E-state index in [2.05, 4.69) is 15.8 Å². The minimum atomic E-state index is -0.859. The first-order valence-electron chi connectivity index (χ1n) is 9.29. The van der Waals surface area contributed by atoms with Gasteiger partial charge in [0.15, 0.2) is 11.5 Å². The molecule has 2 N–H and O–H groups in total. The van der Waals surface area contributed by atoms with Crippen molar-refractivity contribution in [3.8, 4) is 11.5 Å². The SMILES string of the molecule is COCCCNC(=O)C(=O)N/N=C\c1ccc(OCc2ccc(Cl)c(Cl)c2)c(OC)c1. The van der Waals surface area contributed by atoms with E-state index in [1.54, 1.807) is 37.4 Å². The van der Waals surface area contributed by atoms with Crippen LogP contribution in [0.4, 0.5) is 0 Å². The number of nitrogens with zero attached hydrogens (tertiary/aromatic N) is 1. The van der Waals surface area contributed by atoms with E-state index in [1.807, 2.05) is 6.07 Å². The Hall–Kier alpha value is -2.81. The van der Waals surface area contributed by atoms with Crippen molar-refractivity contribution in [2.45, 2.75) is 13.0 Å². The molecule has 2 aromatic carbocycles. The Kier molecular flexibility index (Phi) is 10.1. The van der Waals surface area contributed by atoms with Crippen LogP contribution >= 0.6 is 23.2 Å². The molecule has 0 aromatic heterocycles. The molecule has 2 aromatic rings. The largest absolute Gasteiger partial charge is 0.493 e. The van der Waals surface area contributed by atoms with Gasteiger partial charge in [-0.1, -0.05) is 29.3 Å². The fraction of sp³-hybridized carbons (Fsp3) is 0.286. The number of amides is 2. The Bertz CT molecular complexity index is 937. The van der Waals surface area contributed by atoms with Gasteiger partial charge >= 0.3 is 11.8 Å². The molecule has 10 heteroatoms. The van der Waals surface area contributed by atoms with E-state index in [4.69, 9.17) is 37.4 Å². The molecule has 166 valence electrons. The summed E-state index contributed by atoms with van der Waals surface area (Å²) in [4.78, 5) is 23.3. The number of hydrogen-bond donors (Lipinski definition) is 2. The number of methoxy groups -OCH3 is 2. The van der Waals surface area contributed by atoms with E-state index in [1.165, 1.54) is 13.3 Å². The molecule has 0 heterocycles. The minimum Gasteiger partial charge on any atom is -0.493 e. The van der Waals surface area contributed by atoms with Gasteiger partial charge in [0.2, 0.25) is 0 Å². The van der Waals surface area contributed by atoms with E-state index < -0.39 is 11.8 Å². The van der Waals surface area contributed by atoms with Crippen LogP contribution in [0.3, 0.4) is 0 Å². The van der Waals surface area contributed by atoms with Crippen LogP contribution in [0.15, 0.2) is 41.5 Å². The molecule has 31 heavy (non-hydrogen) atoms. The smallest absolute Gasteiger partial charge is 0.329 e. The van der Waals surface area contributed by atoms with Crippen molar-refractivity contribution in [1.82, 2.24) is 10.7 Å². The third-order valence-electron chi connectivity index (χ3n) is 3.96. The predicted molar refractivity (Wildman–Crippen MR) is 119 cm³/mol. The lowest BCUT2D eigenvalue weighted by molar-refractivity contribution is -0.139. The third kappa shape index (κ3) is 8.09. The summed E-state index contributed by atoms with van der Waals surface area (Å²) in [5, 5.41) is 7.18. The van der Waals surface area contributed by atoms with Crippen molar-refractivity contribution in [3.63, 3.8) is 0 Å². The Morgan fingerprint density at radius 1 is 1.03 bits per heavy atom. The Labute approximate surface area is 190 Å². The quantitative estimate of drug-likeness (QED) is 0.242. The van der Waals surface area contributed by atoms with Gasteiger partial charge in [0, 0.05) is 20.3 Å². The lowest BCUT2D eigenvalue weighted by Gasteiger charge is -2.11. The van der Waals surface area contributed by atoms with E-state index in [0.29, 0.717) is 46.7 Å². The number of ether oxygens (including phenoxy) is 3. The maximum atomic E-state index is 11.7. The Balaban J connectivity index is 1.90. The van der Waals surface area contributed by atoms with Crippen molar-refractivity contribution in [1.29, 1.82) is 0 Å². The molecule has 0 aliphatic carbocycles. The summed E-state index contributed by atoms with van der Waals surface area (Å²) < 4.78 is 16.0. The molecule has 0 aliphatic heterocycles. The van der Waals surface area contributed by atoms with Gasteiger partial charge in [-0.15, -0.1) is 0 Å². The number of carbonyl (C=O) groups excluding carboxylic acids is 2. The molecule has 2 amide bonds. The second-order valence-corrected chi connectivity index (χ2v) is 7.06. The minimum absolute atomic E-state index is 0.274. The first-order valence-corrected chi connectivity index (χ1v) is 10.0. The Morgan fingerprint density at radius 2 is 1.84 bits per heavy atom. The van der Waals surface area contributed by atoms with Gasteiger partial charge in [-0.3, -0.25) is 9.59 Å². The van der Waals surface area contributed by atoms with Crippen LogP contribution in [0.2, 0.25) is 10.0 Å². The molecule has 0 radical (unpaired) electrons. The average Bonchev–Trinajstić information content (AvgIpc) is 2.77. The van der Waals surface area contributed by atoms with Crippen LogP contribution in [0.25, 0.3) is 0 Å². The summed E-state index contributed by atoms with van der Waals surface area (Å²) in [5.41, 5.74) is 3.66. The van der Waals surface area contributed by atoms with Crippen LogP contribution < -0.4 is 20.2 Å². The zero-order valence-corrected chi connectivity index (χ0v) is 18.6. The van der Waals surface area contributed by atoms with Crippen molar-refractivity contribution in [2.75, 3.05) is 27.4 Å². The topological polar surface area (TPSA) is 98.2 Å². The molecule has 0 fully saturated rings. The molecule has 2 rings (SSSR count). The molecular formula is C21H23Cl2N3O5. The second-order valence-electron chi connectivity index (χ2n) is 6.25. The fourth-order valence-electron chi connectivity index (χ4n) is 2.39. The number of benzene rings is 2. The Morgan fingerprint density at radius 3 is 2.55 bits per heavy atom. The van der Waals surface area contributed by atoms with Crippen LogP contribution in [0.1, 0.15) is 17.5 Å². The summed E-state index contributed by atoms with van der Waals surface area (Å²) in [6.45, 7) is 1.11. The molecule has 0 spiro atoms. The van der Waals surface area contributed by atoms with Gasteiger partial charge in [-0.2, -0.15) is 5.10 Å². The molecule has 0 saturated carbocycles. The van der Waals surface area contributed by atoms with Crippen molar-refractivity contribution in [2.24, 2.45) is 5.10 Å². The average molecular weight is 468 g/mol. The second kappa shape index (κ2) is 12.8. The summed E-state index contributed by atoms with van der Waals surface area (Å²) >= 11 is 11.9. The highest BCUT2D eigenvalue weighted by Gasteiger charge is 2.11. The first-order chi connectivity index (χ1) is 14.9. The number of rotatable bonds is 10. The highest BCUT2D eigenvalue weighted by molar-refractivity contribution is 6.42. The van der Waals surface area contributed by atoms with Crippen molar-refractivity contribution >= 4 is 41.2 Å². The summed E-state index contributed by atoms with van der Waals surface area (Å²) in [6, 6.07) is 10.4. The van der Waals surface area contributed by atoms with E-state index in [0.717, 1.165) is 5.56 Å². The van der Waals surface area contributed by atoms with Gasteiger partial charge in [0.25, 0.3) is 0 Å². The van der Waals surface area contributed by atoms with E-state index in [-0.39, 0.29) is 6.61 Å². The summed E-state index contributed by atoms with van der Waals surface area (Å²) in [7, 11) is 3.07. The molecule has 8 nitrogen and oxygen atoms in total. The van der Waals surface area contributed by atoms with Crippen molar-refractivity contribution < 1.29 is 23.8 Å². The van der Waals surface area contributed by atoms with Gasteiger partial charge < -0.3 is 19.5 Å². The lowest BCUT2D eigenvalue weighted by atomic mass is 10.2. The van der Waals surface area contributed by atoms with Crippen LogP contribution in [-0.4, -0.2) is 45.4 Å². The predicted octanol–water partition coefficient (Wildman–Crippen LogP) is 3.18. The maximum absolute atomic E-state index is 11.7. The summed E-state index contributed by atoms with van der Waals surface area (Å²) in [5.74, 6) is -0.629. The van der Waals surface area contributed by atoms with Crippen LogP contribution in [0.5, 0.6) is 11.5 Å². The molecular weight excluding hydrogens is 445 g/mol. The van der Waals surface area contributed by atoms with Crippen molar-refractivity contribution in [3.05, 3.63) is 57.6 Å². The molecule has 0 unspecified atom stereocenters. The number of carbonyl (C=O) groups is 2. The lowest BCUT2D eigenvalue weighted by Crippen LogP contribution is -2.38. The number of nitrogens with one attached hydrogen (secondary N) is 2. The zero-order chi connectivity index (χ0) is 22.6. The van der Waals surface area contributed by atoms with Gasteiger partial charge in [-0.05, 0) is 47.9 Å². The van der Waals surface area contributed by atoms with Gasteiger partial charge in [-0.25, -0.2) is 5.43 Å². The van der Waals surface area contributed by atoms with E-state index >= 15 is 0 Å². The zero-order valence-electron chi connectivity index (χ0n) is 17.1. The maximum Gasteiger partial charge on any atom is 0.329 e. The summed E-state index contributed by atoms with van der Waals surface area (Å²) in [6.07, 6.45) is 2.00. The van der Waals surface area contributed by atoms with Gasteiger partial charge in [0.1, 0.15) is 6.61 Å². The first kappa shape index (κ1) is 24.5. The highest BCUT2D eigenvalue weighted by atomic mass is 35.5. The van der Waals surface area contributed by atoms with Crippen LogP contribution in [-0.2, 0) is 20.9 Å². The number of hydrazone groups is 1. The van der Waals surface area contributed by atoms with Crippen LogP contribution in [0, 0.1) is 0 Å². The number of hydrogen-bond acceptors (Lipinski definition) is 6. The molecule has 0 atom stereocenters. The fourth-order valence-corrected chi connectivity index (χ4v) is 2.71. The highest BCUT2D eigenvalue weighted by Crippen LogP contribution is 2.29. The monoisotopic (exact) mass is 467 g/mol. The number of halogens is 2. The third-order valence-corrected chi connectivity index (χ3v) is 4.70. The van der Waals surface area contributed by atoms with Gasteiger partial charge in [0.05, 0.1) is 23.4 Å². The normalized spacial score (nSPS) is 10.7.